The van der Waals surface area contributed by atoms with E-state index in [0.29, 0.717) is 16.6 Å². The summed E-state index contributed by atoms with van der Waals surface area (Å²) >= 11 is 18.6. The number of hydrogen-bond acceptors (Lipinski definition) is 7. The summed E-state index contributed by atoms with van der Waals surface area (Å²) in [5.74, 6) is -9.25. The Kier molecular flexibility index (Phi) is 8.00. The van der Waals surface area contributed by atoms with Crippen molar-refractivity contribution in [3.05, 3.63) is 92.3 Å². The van der Waals surface area contributed by atoms with Crippen LogP contribution in [0.25, 0.3) is 0 Å². The number of allylic oxidation sites excluding steroid dienone is 2. The second kappa shape index (κ2) is 11.7. The molecule has 2 aliphatic heterocycles. The van der Waals surface area contributed by atoms with Gasteiger partial charge in [0.1, 0.15) is 17.3 Å². The lowest BCUT2D eigenvalue weighted by molar-refractivity contribution is -0.141. The van der Waals surface area contributed by atoms with Crippen LogP contribution >= 0.6 is 34.8 Å². The summed E-state index contributed by atoms with van der Waals surface area (Å²) < 4.78 is 54.7. The number of rotatable bonds is 4. The Morgan fingerprint density at radius 2 is 1.66 bits per heavy atom. The van der Waals surface area contributed by atoms with Gasteiger partial charge in [-0.25, -0.2) is 14.3 Å². The van der Waals surface area contributed by atoms with Gasteiger partial charge in [0.25, 0.3) is 11.8 Å². The molecule has 1 saturated carbocycles. The molecule has 6 atom stereocenters. The minimum absolute atomic E-state index is 0.00710. The SMILES string of the molecule is CN(c1nc(C(F)(F)F)ccc1Cl)N1C(=O)[C@H]2[C@H](CC=C3[C@H]2C[C@H]2C(=O)N(c4ccc(F)c(Cl)c4)C(=O)[C@@]2(C)[C@H]3c2cc(Cl)ccc2O)C1=O. The second-order valence-corrected chi connectivity index (χ2v) is 14.2. The lowest BCUT2D eigenvalue weighted by Gasteiger charge is -2.49. The molecule has 9 nitrogen and oxygen atoms in total. The number of hydrogen-bond donors (Lipinski definition) is 1. The van der Waals surface area contributed by atoms with E-state index in [1.54, 1.807) is 13.0 Å². The number of imide groups is 2. The summed E-state index contributed by atoms with van der Waals surface area (Å²) in [5, 5.41) is 12.4. The normalized spacial score (nSPS) is 27.7. The molecule has 260 valence electrons. The highest BCUT2D eigenvalue weighted by Gasteiger charge is 2.68. The van der Waals surface area contributed by atoms with Crippen molar-refractivity contribution in [2.75, 3.05) is 17.0 Å². The van der Waals surface area contributed by atoms with E-state index in [2.05, 4.69) is 4.98 Å². The van der Waals surface area contributed by atoms with Crippen molar-refractivity contribution in [3.63, 3.8) is 0 Å². The Morgan fingerprint density at radius 1 is 0.940 bits per heavy atom. The van der Waals surface area contributed by atoms with E-state index in [9.17, 15) is 41.8 Å². The average Bonchev–Trinajstić information content (AvgIpc) is 3.42. The summed E-state index contributed by atoms with van der Waals surface area (Å²) in [6.07, 6.45) is -3.18. The molecule has 2 aliphatic carbocycles. The lowest BCUT2D eigenvalue weighted by Crippen LogP contribution is -2.49. The maximum absolute atomic E-state index is 14.5. The van der Waals surface area contributed by atoms with Crippen LogP contribution in [0.3, 0.4) is 0 Å². The van der Waals surface area contributed by atoms with Gasteiger partial charge >= 0.3 is 6.18 Å². The van der Waals surface area contributed by atoms with Crippen LogP contribution in [0.2, 0.25) is 15.1 Å². The Bertz CT molecular complexity index is 2060. The van der Waals surface area contributed by atoms with Crippen LogP contribution in [-0.4, -0.2) is 45.8 Å². The molecule has 4 amide bonds. The highest BCUT2D eigenvalue weighted by Crippen LogP contribution is 2.64. The molecule has 1 aromatic heterocycles. The van der Waals surface area contributed by atoms with Gasteiger partial charge < -0.3 is 5.11 Å². The van der Waals surface area contributed by atoms with E-state index < -0.39 is 82.1 Å². The van der Waals surface area contributed by atoms with E-state index in [-0.39, 0.29) is 44.9 Å². The number of carbonyl (C=O) groups is 4. The van der Waals surface area contributed by atoms with E-state index in [1.165, 1.54) is 31.3 Å². The molecule has 3 aromatic rings. The maximum Gasteiger partial charge on any atom is 0.433 e. The number of phenols is 1. The number of hydrazine groups is 1. The largest absolute Gasteiger partial charge is 0.508 e. The Hall–Kier alpha value is -4.20. The molecule has 3 fully saturated rings. The third-order valence-corrected chi connectivity index (χ3v) is 11.3. The second-order valence-electron chi connectivity index (χ2n) is 13.0. The van der Waals surface area contributed by atoms with Crippen LogP contribution in [0.1, 0.15) is 36.9 Å². The van der Waals surface area contributed by atoms with E-state index in [4.69, 9.17) is 34.8 Å². The first kappa shape index (κ1) is 34.3. The number of phenolic OH excluding ortho intramolecular Hbond substituents is 1. The average molecular weight is 752 g/mol. The fraction of sp³-hybridized carbons (Fsp3) is 0.324. The maximum atomic E-state index is 14.5. The van der Waals surface area contributed by atoms with Crippen molar-refractivity contribution < 1.29 is 41.8 Å². The number of fused-ring (bicyclic) bond motifs is 4. The fourth-order valence-electron chi connectivity index (χ4n) is 8.18. The van der Waals surface area contributed by atoms with Crippen molar-refractivity contribution in [2.24, 2.45) is 29.1 Å². The smallest absolute Gasteiger partial charge is 0.433 e. The van der Waals surface area contributed by atoms with Gasteiger partial charge in [-0.05, 0) is 74.2 Å². The van der Waals surface area contributed by atoms with E-state index in [1.807, 2.05) is 0 Å². The molecule has 50 heavy (non-hydrogen) atoms. The van der Waals surface area contributed by atoms with Gasteiger partial charge in [0.05, 0.1) is 38.9 Å². The first-order valence-corrected chi connectivity index (χ1v) is 16.5. The number of alkyl halides is 3. The molecule has 0 spiro atoms. The minimum Gasteiger partial charge on any atom is -0.508 e. The number of anilines is 2. The third kappa shape index (κ3) is 4.91. The number of halogens is 7. The summed E-state index contributed by atoms with van der Waals surface area (Å²) in [4.78, 5) is 61.5. The van der Waals surface area contributed by atoms with E-state index >= 15 is 0 Å². The number of aromatic hydroxyl groups is 1. The van der Waals surface area contributed by atoms with Crippen LogP contribution in [0.15, 0.2) is 60.2 Å². The molecular weight excluding hydrogens is 727 g/mol. The van der Waals surface area contributed by atoms with Gasteiger partial charge in [-0.3, -0.25) is 24.2 Å². The van der Waals surface area contributed by atoms with Crippen molar-refractivity contribution in [2.45, 2.75) is 31.9 Å². The van der Waals surface area contributed by atoms with Gasteiger partial charge in [-0.15, -0.1) is 0 Å². The van der Waals surface area contributed by atoms with Crippen LogP contribution in [0.5, 0.6) is 5.75 Å². The Labute approximate surface area is 297 Å². The molecule has 16 heteroatoms. The molecule has 2 aromatic carbocycles. The van der Waals surface area contributed by atoms with Crippen molar-refractivity contribution in [1.29, 1.82) is 0 Å². The van der Waals surface area contributed by atoms with Crippen LogP contribution in [0, 0.1) is 34.9 Å². The molecule has 0 unspecified atom stereocenters. The number of benzene rings is 2. The number of carbonyl (C=O) groups excluding carboxylic acids is 4. The molecule has 4 aliphatic rings. The van der Waals surface area contributed by atoms with Crippen LogP contribution < -0.4 is 9.91 Å². The zero-order valence-corrected chi connectivity index (χ0v) is 28.3. The topological polar surface area (TPSA) is 111 Å². The highest BCUT2D eigenvalue weighted by atomic mass is 35.5. The van der Waals surface area contributed by atoms with Crippen LogP contribution in [0.4, 0.5) is 29.1 Å². The predicted molar refractivity (Wildman–Crippen MR) is 174 cm³/mol. The zero-order valence-electron chi connectivity index (χ0n) is 26.0. The molecule has 1 N–H and O–H groups in total. The molecule has 7 rings (SSSR count). The standard InChI is InChI=1S/C34H25Cl3F4N4O5/c1-33-20(30(48)44(32(33)50)15-4-8-23(38)22(37)12-15)13-18-16(27(33)19-11-14(35)3-9-24(19)46)5-6-17-26(18)31(49)45(29(17)47)43(2)28-21(36)7-10-25(42-28)34(39,40)41/h3-5,7-12,17-18,20,26-27,46H,6,13H2,1-2H3/t17-,18+,20-,26-,27+,33+/m0/s1. The van der Waals surface area contributed by atoms with Crippen molar-refractivity contribution >= 4 is 69.9 Å². The van der Waals surface area contributed by atoms with E-state index in [0.717, 1.165) is 28.1 Å². The summed E-state index contributed by atoms with van der Waals surface area (Å²) in [6.45, 7) is 1.58. The van der Waals surface area contributed by atoms with Gasteiger partial charge in [0.2, 0.25) is 11.8 Å². The first-order chi connectivity index (χ1) is 23.5. The van der Waals surface area contributed by atoms with Gasteiger partial charge in [0.15, 0.2) is 5.82 Å². The molecule has 2 saturated heterocycles. The monoisotopic (exact) mass is 750 g/mol. The Morgan fingerprint density at radius 3 is 2.34 bits per heavy atom. The number of amides is 4. The number of aromatic nitrogens is 1. The summed E-state index contributed by atoms with van der Waals surface area (Å²) in [5.41, 5.74) is -2.08. The summed E-state index contributed by atoms with van der Waals surface area (Å²) in [6, 6.07) is 9.32. The Balaban J connectivity index is 1.34. The molecular formula is C34H25Cl3F4N4O5. The van der Waals surface area contributed by atoms with Gasteiger partial charge in [-0.2, -0.15) is 18.2 Å². The van der Waals surface area contributed by atoms with Gasteiger partial charge in [-0.1, -0.05) is 46.5 Å². The predicted octanol–water partition coefficient (Wildman–Crippen LogP) is 7.19. The minimum atomic E-state index is -4.83. The third-order valence-electron chi connectivity index (χ3n) is 10.4. The molecule has 3 heterocycles. The van der Waals surface area contributed by atoms with Crippen molar-refractivity contribution in [1.82, 2.24) is 9.99 Å². The number of nitrogens with zero attached hydrogens (tertiary/aromatic N) is 4. The fourth-order valence-corrected chi connectivity index (χ4v) is 8.76. The molecule has 0 radical (unpaired) electrons. The van der Waals surface area contributed by atoms with Crippen LogP contribution in [-0.2, 0) is 25.4 Å². The molecule has 0 bridgehead atoms. The quantitative estimate of drug-likeness (QED) is 0.171. The summed E-state index contributed by atoms with van der Waals surface area (Å²) in [7, 11) is 1.20. The first-order valence-electron chi connectivity index (χ1n) is 15.3. The lowest BCUT2D eigenvalue weighted by atomic mass is 9.51. The van der Waals surface area contributed by atoms with Crippen molar-refractivity contribution in [3.8, 4) is 5.75 Å². The number of pyridine rings is 1. The van der Waals surface area contributed by atoms with Gasteiger partial charge in [0, 0.05) is 23.6 Å². The highest BCUT2D eigenvalue weighted by molar-refractivity contribution is 6.33. The zero-order chi connectivity index (χ0) is 36.2.